The Kier molecular flexibility index (Phi) is 2.60. The van der Waals surface area contributed by atoms with Gasteiger partial charge in [0.05, 0.1) is 11.8 Å². The van der Waals surface area contributed by atoms with Crippen LogP contribution in [0.3, 0.4) is 0 Å². The van der Waals surface area contributed by atoms with E-state index in [0.29, 0.717) is 18.7 Å². The molecule has 1 aromatic heterocycles. The summed E-state index contributed by atoms with van der Waals surface area (Å²) >= 11 is 0. The molecule has 1 N–H and O–H groups in total. The number of amides is 1. The Morgan fingerprint density at radius 3 is 2.56 bits per heavy atom. The highest BCUT2D eigenvalue weighted by Crippen LogP contribution is 2.15. The van der Waals surface area contributed by atoms with Crippen molar-refractivity contribution in [1.29, 1.82) is 0 Å². The number of aromatic nitrogens is 2. The molecule has 0 saturated carbocycles. The number of rotatable bonds is 2. The summed E-state index contributed by atoms with van der Waals surface area (Å²) in [4.78, 5) is 13.6. The SMILES string of the molecule is O=C(c1ccc(-n2cccn2)cc1)N1CC(O)C1. The van der Waals surface area contributed by atoms with Crippen molar-refractivity contribution in [3.05, 3.63) is 48.3 Å². The topological polar surface area (TPSA) is 58.4 Å². The van der Waals surface area contributed by atoms with Crippen LogP contribution in [-0.4, -0.2) is 44.9 Å². The third-order valence-corrected chi connectivity index (χ3v) is 3.03. The zero-order chi connectivity index (χ0) is 12.5. The number of aliphatic hydroxyl groups excluding tert-OH is 1. The summed E-state index contributed by atoms with van der Waals surface area (Å²) in [5.41, 5.74) is 1.55. The van der Waals surface area contributed by atoms with E-state index in [1.54, 1.807) is 27.9 Å². The Balaban J connectivity index is 1.77. The summed E-state index contributed by atoms with van der Waals surface area (Å²) in [5, 5.41) is 13.3. The van der Waals surface area contributed by atoms with E-state index in [1.807, 2.05) is 24.4 Å². The van der Waals surface area contributed by atoms with Crippen LogP contribution in [0.1, 0.15) is 10.4 Å². The lowest BCUT2D eigenvalue weighted by molar-refractivity contribution is 0.00589. The van der Waals surface area contributed by atoms with Gasteiger partial charge in [-0.15, -0.1) is 0 Å². The molecule has 1 aromatic carbocycles. The van der Waals surface area contributed by atoms with Gasteiger partial charge in [-0.3, -0.25) is 4.79 Å². The van der Waals surface area contributed by atoms with Crippen molar-refractivity contribution in [2.24, 2.45) is 0 Å². The summed E-state index contributed by atoms with van der Waals surface area (Å²) in [6.45, 7) is 0.861. The molecule has 0 unspecified atom stereocenters. The second-order valence-corrected chi connectivity index (χ2v) is 4.36. The quantitative estimate of drug-likeness (QED) is 0.844. The number of carbonyl (C=O) groups excluding carboxylic acids is 1. The molecule has 2 heterocycles. The fraction of sp³-hybridized carbons (Fsp3) is 0.231. The summed E-state index contributed by atoms with van der Waals surface area (Å²) < 4.78 is 1.74. The molecule has 1 amide bonds. The van der Waals surface area contributed by atoms with Crippen molar-refractivity contribution in [3.63, 3.8) is 0 Å². The zero-order valence-electron chi connectivity index (χ0n) is 9.73. The summed E-state index contributed by atoms with van der Waals surface area (Å²) in [6, 6.07) is 9.13. The monoisotopic (exact) mass is 243 g/mol. The minimum absolute atomic E-state index is 0.0349. The van der Waals surface area contributed by atoms with Gasteiger partial charge in [0.1, 0.15) is 0 Å². The maximum Gasteiger partial charge on any atom is 0.254 e. The zero-order valence-corrected chi connectivity index (χ0v) is 9.73. The molecule has 0 atom stereocenters. The average Bonchev–Trinajstić information content (AvgIpc) is 2.88. The Morgan fingerprint density at radius 1 is 1.28 bits per heavy atom. The molecule has 1 saturated heterocycles. The molecule has 5 nitrogen and oxygen atoms in total. The largest absolute Gasteiger partial charge is 0.389 e. The van der Waals surface area contributed by atoms with Crippen LogP contribution < -0.4 is 0 Å². The summed E-state index contributed by atoms with van der Waals surface area (Å²) in [5.74, 6) is -0.0349. The molecular weight excluding hydrogens is 230 g/mol. The molecular formula is C13H13N3O2. The maximum atomic E-state index is 12.0. The number of carbonyl (C=O) groups is 1. The van der Waals surface area contributed by atoms with Crippen LogP contribution >= 0.6 is 0 Å². The number of β-amino-alcohol motifs (C(OH)–C–C–N with tert-alkyl or cyclic N) is 1. The number of hydrogen-bond acceptors (Lipinski definition) is 3. The second-order valence-electron chi connectivity index (χ2n) is 4.36. The number of likely N-dealkylation sites (tertiary alicyclic amines) is 1. The van der Waals surface area contributed by atoms with E-state index in [4.69, 9.17) is 0 Å². The highest BCUT2D eigenvalue weighted by molar-refractivity contribution is 5.95. The minimum Gasteiger partial charge on any atom is -0.389 e. The van der Waals surface area contributed by atoms with E-state index in [-0.39, 0.29) is 12.0 Å². The summed E-state index contributed by atoms with van der Waals surface area (Å²) in [6.07, 6.45) is 3.20. The van der Waals surface area contributed by atoms with Gasteiger partial charge in [-0.05, 0) is 30.3 Å². The molecule has 1 aliphatic rings. The van der Waals surface area contributed by atoms with Gasteiger partial charge < -0.3 is 10.0 Å². The first-order valence-electron chi connectivity index (χ1n) is 5.81. The predicted octanol–water partition coefficient (Wildman–Crippen LogP) is 0.689. The van der Waals surface area contributed by atoms with Gasteiger partial charge in [-0.2, -0.15) is 5.10 Å². The van der Waals surface area contributed by atoms with Crippen LogP contribution in [0.25, 0.3) is 5.69 Å². The molecule has 92 valence electrons. The normalized spacial score (nSPS) is 15.5. The number of hydrogen-bond donors (Lipinski definition) is 1. The maximum absolute atomic E-state index is 12.0. The van der Waals surface area contributed by atoms with Crippen molar-refractivity contribution >= 4 is 5.91 Å². The highest BCUT2D eigenvalue weighted by atomic mass is 16.3. The van der Waals surface area contributed by atoms with Gasteiger partial charge in [0, 0.05) is 31.0 Å². The van der Waals surface area contributed by atoms with E-state index in [1.165, 1.54) is 0 Å². The molecule has 0 radical (unpaired) electrons. The first kappa shape index (κ1) is 11.0. The third kappa shape index (κ3) is 1.89. The van der Waals surface area contributed by atoms with E-state index < -0.39 is 0 Å². The van der Waals surface area contributed by atoms with Gasteiger partial charge in [0.2, 0.25) is 0 Å². The van der Waals surface area contributed by atoms with E-state index in [0.717, 1.165) is 5.69 Å². The first-order valence-corrected chi connectivity index (χ1v) is 5.81. The molecule has 1 aliphatic heterocycles. The predicted molar refractivity (Wildman–Crippen MR) is 65.5 cm³/mol. The second kappa shape index (κ2) is 4.27. The van der Waals surface area contributed by atoms with Crippen molar-refractivity contribution in [3.8, 4) is 5.69 Å². The lowest BCUT2D eigenvalue weighted by Crippen LogP contribution is -2.53. The number of nitrogens with zero attached hydrogens (tertiary/aromatic N) is 3. The highest BCUT2D eigenvalue weighted by Gasteiger charge is 2.29. The number of aliphatic hydroxyl groups is 1. The van der Waals surface area contributed by atoms with Crippen LogP contribution in [0.4, 0.5) is 0 Å². The lowest BCUT2D eigenvalue weighted by atomic mass is 10.1. The molecule has 18 heavy (non-hydrogen) atoms. The van der Waals surface area contributed by atoms with E-state index in [2.05, 4.69) is 5.10 Å². The average molecular weight is 243 g/mol. The third-order valence-electron chi connectivity index (χ3n) is 3.03. The smallest absolute Gasteiger partial charge is 0.254 e. The van der Waals surface area contributed by atoms with Gasteiger partial charge >= 0.3 is 0 Å². The minimum atomic E-state index is -0.364. The molecule has 5 heteroatoms. The van der Waals surface area contributed by atoms with Crippen molar-refractivity contribution < 1.29 is 9.90 Å². The Bertz CT molecular complexity index is 542. The van der Waals surface area contributed by atoms with Crippen LogP contribution in [-0.2, 0) is 0 Å². The van der Waals surface area contributed by atoms with Crippen molar-refractivity contribution in [2.75, 3.05) is 13.1 Å². The molecule has 2 aromatic rings. The van der Waals surface area contributed by atoms with Gasteiger partial charge in [-0.25, -0.2) is 4.68 Å². The molecule has 0 spiro atoms. The molecule has 0 aliphatic carbocycles. The van der Waals surface area contributed by atoms with Crippen molar-refractivity contribution in [1.82, 2.24) is 14.7 Å². The van der Waals surface area contributed by atoms with Gasteiger partial charge in [0.15, 0.2) is 0 Å². The van der Waals surface area contributed by atoms with Crippen molar-refractivity contribution in [2.45, 2.75) is 6.10 Å². The first-order chi connectivity index (χ1) is 8.74. The standard InChI is InChI=1S/C13H13N3O2/c17-12-8-15(9-12)13(18)10-2-4-11(5-3-10)16-7-1-6-14-16/h1-7,12,17H,8-9H2. The molecule has 0 bridgehead atoms. The molecule has 1 fully saturated rings. The number of benzene rings is 1. The Hall–Kier alpha value is -2.14. The van der Waals surface area contributed by atoms with E-state index in [9.17, 15) is 9.90 Å². The van der Waals surface area contributed by atoms with Crippen LogP contribution in [0, 0.1) is 0 Å². The fourth-order valence-electron chi connectivity index (χ4n) is 1.98. The van der Waals surface area contributed by atoms with Crippen LogP contribution in [0.2, 0.25) is 0 Å². The summed E-state index contributed by atoms with van der Waals surface area (Å²) in [7, 11) is 0. The Labute approximate surface area is 104 Å². The Morgan fingerprint density at radius 2 is 2.00 bits per heavy atom. The molecule has 3 rings (SSSR count). The van der Waals surface area contributed by atoms with Crippen LogP contribution in [0.15, 0.2) is 42.7 Å². The van der Waals surface area contributed by atoms with Gasteiger partial charge in [-0.1, -0.05) is 0 Å². The van der Waals surface area contributed by atoms with Gasteiger partial charge in [0.25, 0.3) is 5.91 Å². The fourth-order valence-corrected chi connectivity index (χ4v) is 1.98. The van der Waals surface area contributed by atoms with E-state index >= 15 is 0 Å². The lowest BCUT2D eigenvalue weighted by Gasteiger charge is -2.35. The van der Waals surface area contributed by atoms with Crippen LogP contribution in [0.5, 0.6) is 0 Å².